The lowest BCUT2D eigenvalue weighted by molar-refractivity contribution is 0.285. The molecule has 0 aliphatic carbocycles. The van der Waals surface area contributed by atoms with Gasteiger partial charge in [0, 0.05) is 24.9 Å². The first-order valence-electron chi connectivity index (χ1n) is 7.35. The molecule has 2 aromatic heterocycles. The normalized spacial score (nSPS) is 18.1. The predicted octanol–water partition coefficient (Wildman–Crippen LogP) is 2.82. The van der Waals surface area contributed by atoms with Crippen molar-refractivity contribution < 1.29 is 12.8 Å². The van der Waals surface area contributed by atoms with E-state index in [-0.39, 0.29) is 11.8 Å². The fourth-order valence-electron chi connectivity index (χ4n) is 2.53. The van der Waals surface area contributed by atoms with Gasteiger partial charge < -0.3 is 4.42 Å². The van der Waals surface area contributed by atoms with Crippen LogP contribution in [0.4, 0.5) is 0 Å². The van der Waals surface area contributed by atoms with E-state index in [0.29, 0.717) is 41.9 Å². The zero-order chi connectivity index (χ0) is 15.7. The summed E-state index contributed by atoms with van der Waals surface area (Å²) in [5.74, 6) is 1.64. The number of rotatable bonds is 4. The molecule has 22 heavy (non-hydrogen) atoms. The third-order valence-electron chi connectivity index (χ3n) is 3.84. The molecule has 2 aromatic rings. The Morgan fingerprint density at radius 3 is 2.59 bits per heavy atom. The summed E-state index contributed by atoms with van der Waals surface area (Å²) < 4.78 is 32.6. The Bertz CT molecular complexity index is 714. The second kappa shape index (κ2) is 6.10. The molecule has 6 nitrogen and oxygen atoms in total. The minimum atomic E-state index is -3.35. The van der Waals surface area contributed by atoms with Gasteiger partial charge in [-0.1, -0.05) is 19.9 Å². The Labute approximate surface area is 134 Å². The molecule has 1 fully saturated rings. The van der Waals surface area contributed by atoms with E-state index in [0.717, 1.165) is 0 Å². The van der Waals surface area contributed by atoms with Crippen molar-refractivity contribution in [1.82, 2.24) is 14.5 Å². The van der Waals surface area contributed by atoms with Crippen LogP contribution in [0, 0.1) is 0 Å². The average Bonchev–Trinajstić information content (AvgIpc) is 3.19. The maximum atomic E-state index is 12.5. The summed E-state index contributed by atoms with van der Waals surface area (Å²) in [5.41, 5.74) is 0. The molecule has 0 bridgehead atoms. The first kappa shape index (κ1) is 15.6. The lowest BCUT2D eigenvalue weighted by Crippen LogP contribution is -2.37. The van der Waals surface area contributed by atoms with Crippen molar-refractivity contribution in [2.24, 2.45) is 0 Å². The van der Waals surface area contributed by atoms with Gasteiger partial charge in [0.2, 0.25) is 11.8 Å². The van der Waals surface area contributed by atoms with Gasteiger partial charge in [-0.3, -0.25) is 0 Å². The number of piperidine rings is 1. The second-order valence-corrected chi connectivity index (χ2v) is 8.86. The van der Waals surface area contributed by atoms with Crippen LogP contribution < -0.4 is 0 Å². The van der Waals surface area contributed by atoms with E-state index in [1.165, 1.54) is 11.3 Å². The Kier molecular flexibility index (Phi) is 4.33. The maximum Gasteiger partial charge on any atom is 0.252 e. The second-order valence-electron chi connectivity index (χ2n) is 5.74. The van der Waals surface area contributed by atoms with Crippen LogP contribution in [0.2, 0.25) is 0 Å². The van der Waals surface area contributed by atoms with E-state index in [9.17, 15) is 8.42 Å². The van der Waals surface area contributed by atoms with Crippen molar-refractivity contribution in [1.29, 1.82) is 0 Å². The number of thiophene rings is 1. The molecule has 0 amide bonds. The fraction of sp³-hybridized carbons (Fsp3) is 0.571. The Morgan fingerprint density at radius 2 is 2.05 bits per heavy atom. The Hall–Kier alpha value is -1.25. The summed E-state index contributed by atoms with van der Waals surface area (Å²) >= 11 is 1.26. The highest BCUT2D eigenvalue weighted by Gasteiger charge is 2.32. The lowest BCUT2D eigenvalue weighted by atomic mass is 9.98. The smallest absolute Gasteiger partial charge is 0.252 e. The van der Waals surface area contributed by atoms with Gasteiger partial charge in [0.05, 0.1) is 0 Å². The molecule has 0 unspecified atom stereocenters. The van der Waals surface area contributed by atoms with Crippen LogP contribution in [0.3, 0.4) is 0 Å². The largest absolute Gasteiger partial charge is 0.425 e. The summed E-state index contributed by atoms with van der Waals surface area (Å²) in [7, 11) is -3.35. The summed E-state index contributed by atoms with van der Waals surface area (Å²) in [5, 5.41) is 9.95. The molecule has 0 N–H and O–H groups in total. The van der Waals surface area contributed by atoms with E-state index < -0.39 is 10.0 Å². The van der Waals surface area contributed by atoms with E-state index in [1.54, 1.807) is 21.8 Å². The Morgan fingerprint density at radius 1 is 1.32 bits per heavy atom. The van der Waals surface area contributed by atoms with Crippen LogP contribution in [-0.2, 0) is 10.0 Å². The van der Waals surface area contributed by atoms with Crippen LogP contribution in [0.15, 0.2) is 26.1 Å². The van der Waals surface area contributed by atoms with E-state index in [1.807, 2.05) is 13.8 Å². The summed E-state index contributed by atoms with van der Waals surface area (Å²) in [6.45, 7) is 5.00. The van der Waals surface area contributed by atoms with Gasteiger partial charge >= 0.3 is 0 Å². The first-order valence-corrected chi connectivity index (χ1v) is 9.67. The number of sulfonamides is 1. The van der Waals surface area contributed by atoms with Crippen LogP contribution in [0.25, 0.3) is 0 Å². The average molecular weight is 341 g/mol. The van der Waals surface area contributed by atoms with Crippen molar-refractivity contribution in [3.8, 4) is 0 Å². The van der Waals surface area contributed by atoms with Gasteiger partial charge in [0.1, 0.15) is 4.21 Å². The van der Waals surface area contributed by atoms with Crippen molar-refractivity contribution in [2.75, 3.05) is 13.1 Å². The highest BCUT2D eigenvalue weighted by molar-refractivity contribution is 7.91. The molecule has 3 heterocycles. The molecule has 0 aromatic carbocycles. The number of nitrogens with zero attached hydrogens (tertiary/aromatic N) is 3. The third kappa shape index (κ3) is 2.95. The van der Waals surface area contributed by atoms with Gasteiger partial charge in [-0.15, -0.1) is 21.5 Å². The van der Waals surface area contributed by atoms with Crippen LogP contribution in [0.1, 0.15) is 50.3 Å². The minimum absolute atomic E-state index is 0.148. The quantitative estimate of drug-likeness (QED) is 0.854. The highest BCUT2D eigenvalue weighted by Crippen LogP contribution is 2.31. The van der Waals surface area contributed by atoms with Crippen LogP contribution in [0.5, 0.6) is 0 Å². The zero-order valence-corrected chi connectivity index (χ0v) is 14.2. The first-order chi connectivity index (χ1) is 10.5. The van der Waals surface area contributed by atoms with Crippen molar-refractivity contribution >= 4 is 21.4 Å². The molecule has 1 aliphatic heterocycles. The Balaban J connectivity index is 1.67. The van der Waals surface area contributed by atoms with Crippen molar-refractivity contribution in [2.45, 2.75) is 42.7 Å². The number of aromatic nitrogens is 2. The van der Waals surface area contributed by atoms with E-state index >= 15 is 0 Å². The number of hydrogen-bond donors (Lipinski definition) is 0. The topological polar surface area (TPSA) is 76.3 Å². The molecule has 1 aliphatic rings. The summed E-state index contributed by atoms with van der Waals surface area (Å²) in [6, 6.07) is 3.41. The SMILES string of the molecule is CC(C)c1nnc(C2CCN(S(=O)(=O)c3cccs3)CC2)o1. The molecular weight excluding hydrogens is 322 g/mol. The molecule has 0 radical (unpaired) electrons. The van der Waals surface area contributed by atoms with Gasteiger partial charge in [-0.05, 0) is 24.3 Å². The molecular formula is C14H19N3O3S2. The predicted molar refractivity (Wildman–Crippen MR) is 83.4 cm³/mol. The lowest BCUT2D eigenvalue weighted by Gasteiger charge is -2.29. The van der Waals surface area contributed by atoms with E-state index in [4.69, 9.17) is 4.42 Å². The molecule has 3 rings (SSSR count). The summed E-state index contributed by atoms with van der Waals surface area (Å²) in [4.78, 5) is 0. The molecule has 0 spiro atoms. The van der Waals surface area contributed by atoms with Gasteiger partial charge in [-0.25, -0.2) is 8.42 Å². The van der Waals surface area contributed by atoms with Crippen LogP contribution in [-0.4, -0.2) is 36.0 Å². The van der Waals surface area contributed by atoms with Crippen LogP contribution >= 0.6 is 11.3 Å². The maximum absolute atomic E-state index is 12.5. The van der Waals surface area contributed by atoms with Gasteiger partial charge in [0.15, 0.2) is 0 Å². The summed E-state index contributed by atoms with van der Waals surface area (Å²) in [6.07, 6.45) is 1.43. The molecule has 0 saturated carbocycles. The molecule has 0 atom stereocenters. The molecule has 120 valence electrons. The number of hydrogen-bond acceptors (Lipinski definition) is 6. The molecule has 8 heteroatoms. The van der Waals surface area contributed by atoms with Crippen molar-refractivity contribution in [3.05, 3.63) is 29.3 Å². The minimum Gasteiger partial charge on any atom is -0.425 e. The van der Waals surface area contributed by atoms with Gasteiger partial charge in [0.25, 0.3) is 10.0 Å². The monoisotopic (exact) mass is 341 g/mol. The van der Waals surface area contributed by atoms with Crippen molar-refractivity contribution in [3.63, 3.8) is 0 Å². The standard InChI is InChI=1S/C14H19N3O3S2/c1-10(2)13-15-16-14(20-13)11-5-7-17(8-6-11)22(18,19)12-4-3-9-21-12/h3-4,9-11H,5-8H2,1-2H3. The fourth-order valence-corrected chi connectivity index (χ4v) is 5.14. The van der Waals surface area contributed by atoms with E-state index in [2.05, 4.69) is 10.2 Å². The highest BCUT2D eigenvalue weighted by atomic mass is 32.2. The molecule has 1 saturated heterocycles. The van der Waals surface area contributed by atoms with Gasteiger partial charge in [-0.2, -0.15) is 4.31 Å². The third-order valence-corrected chi connectivity index (χ3v) is 7.11. The zero-order valence-electron chi connectivity index (χ0n) is 12.6.